The lowest BCUT2D eigenvalue weighted by Gasteiger charge is -2.28. The highest BCUT2D eigenvalue weighted by Gasteiger charge is 2.44. The van der Waals surface area contributed by atoms with Gasteiger partial charge in [0.1, 0.15) is 18.8 Å². The third-order valence-electron chi connectivity index (χ3n) is 5.05. The standard InChI is InChI=1S/C22H28O7/c1-5-17(12-27-15(4)24)22(26)29-19-10-16(11-23)8-6-7-13(2)9-18-20(19)14(3)21(25)28-18/h5,8-9,18-20,23H,3,6-7,10-12H2,1-2,4H3/b13-9+,16-8-,17-5+/t18-,19-,20+/m1/s1. The van der Waals surface area contributed by atoms with E-state index in [-0.39, 0.29) is 30.8 Å². The Bertz CT molecular complexity index is 772. The van der Waals surface area contributed by atoms with Crippen LogP contribution in [0, 0.1) is 5.92 Å². The molecule has 1 heterocycles. The minimum absolute atomic E-state index is 0.181. The fraction of sp³-hybridized carbons (Fsp3) is 0.500. The zero-order valence-electron chi connectivity index (χ0n) is 17.1. The molecule has 0 spiro atoms. The molecular weight excluding hydrogens is 376 g/mol. The largest absolute Gasteiger partial charge is 0.461 e. The van der Waals surface area contributed by atoms with Gasteiger partial charge in [-0.3, -0.25) is 4.79 Å². The Balaban J connectivity index is 2.33. The summed E-state index contributed by atoms with van der Waals surface area (Å²) in [6.45, 7) is 8.29. The zero-order chi connectivity index (χ0) is 21.6. The van der Waals surface area contributed by atoms with E-state index in [0.717, 1.165) is 18.4 Å². The lowest BCUT2D eigenvalue weighted by atomic mass is 9.85. The summed E-state index contributed by atoms with van der Waals surface area (Å²) in [4.78, 5) is 35.9. The summed E-state index contributed by atoms with van der Waals surface area (Å²) in [5.41, 5.74) is 2.17. The molecule has 0 saturated carbocycles. The van der Waals surface area contributed by atoms with Crippen LogP contribution in [0.15, 0.2) is 47.1 Å². The lowest BCUT2D eigenvalue weighted by molar-refractivity contribution is -0.149. The van der Waals surface area contributed by atoms with Crippen molar-refractivity contribution in [1.29, 1.82) is 0 Å². The van der Waals surface area contributed by atoms with E-state index in [1.807, 2.05) is 19.1 Å². The van der Waals surface area contributed by atoms with Gasteiger partial charge in [-0.25, -0.2) is 9.59 Å². The lowest BCUT2D eigenvalue weighted by Crippen LogP contribution is -2.34. The van der Waals surface area contributed by atoms with Crippen LogP contribution in [-0.4, -0.2) is 48.4 Å². The molecule has 2 aliphatic rings. The van der Waals surface area contributed by atoms with Crippen molar-refractivity contribution in [3.8, 4) is 0 Å². The fourth-order valence-electron chi connectivity index (χ4n) is 3.41. The number of carbonyl (C=O) groups is 3. The predicted octanol–water partition coefficient (Wildman–Crippen LogP) is 2.55. The normalized spacial score (nSPS) is 29.0. The summed E-state index contributed by atoms with van der Waals surface area (Å²) in [5, 5.41) is 9.73. The molecule has 1 saturated heterocycles. The average molecular weight is 404 g/mol. The maximum atomic E-state index is 12.7. The fourth-order valence-corrected chi connectivity index (χ4v) is 3.41. The molecule has 0 radical (unpaired) electrons. The first-order chi connectivity index (χ1) is 13.8. The molecule has 2 rings (SSSR count). The molecule has 7 heteroatoms. The smallest absolute Gasteiger partial charge is 0.337 e. The second-order valence-corrected chi connectivity index (χ2v) is 7.24. The molecule has 1 fully saturated rings. The molecule has 1 aliphatic heterocycles. The summed E-state index contributed by atoms with van der Waals surface area (Å²) in [6.07, 6.45) is 5.69. The number of ether oxygens (including phenoxy) is 3. The highest BCUT2D eigenvalue weighted by atomic mass is 16.6. The minimum Gasteiger partial charge on any atom is -0.461 e. The van der Waals surface area contributed by atoms with Gasteiger partial charge in [-0.2, -0.15) is 0 Å². The number of fused-ring (bicyclic) bond motifs is 1. The Morgan fingerprint density at radius 3 is 2.76 bits per heavy atom. The summed E-state index contributed by atoms with van der Waals surface area (Å²) < 4.78 is 16.1. The van der Waals surface area contributed by atoms with Crippen LogP contribution in [-0.2, 0) is 28.6 Å². The van der Waals surface area contributed by atoms with Crippen molar-refractivity contribution in [3.05, 3.63) is 47.1 Å². The van der Waals surface area contributed by atoms with Gasteiger partial charge in [0.15, 0.2) is 0 Å². The Morgan fingerprint density at radius 2 is 2.14 bits per heavy atom. The summed E-state index contributed by atoms with van der Waals surface area (Å²) in [7, 11) is 0. The van der Waals surface area contributed by atoms with E-state index in [1.54, 1.807) is 6.92 Å². The Morgan fingerprint density at radius 1 is 1.41 bits per heavy atom. The van der Waals surface area contributed by atoms with Crippen molar-refractivity contribution < 1.29 is 33.7 Å². The molecule has 3 atom stereocenters. The van der Waals surface area contributed by atoms with Gasteiger partial charge >= 0.3 is 17.9 Å². The molecule has 1 N–H and O–H groups in total. The quantitative estimate of drug-likeness (QED) is 0.325. The van der Waals surface area contributed by atoms with Crippen molar-refractivity contribution in [2.24, 2.45) is 5.92 Å². The van der Waals surface area contributed by atoms with Gasteiger partial charge in [0.25, 0.3) is 0 Å². The molecule has 0 aromatic rings. The second-order valence-electron chi connectivity index (χ2n) is 7.24. The average Bonchev–Trinajstić information content (AvgIpc) is 2.93. The van der Waals surface area contributed by atoms with Crippen LogP contribution in [0.4, 0.5) is 0 Å². The second kappa shape index (κ2) is 10.2. The van der Waals surface area contributed by atoms with Gasteiger partial charge in [0.2, 0.25) is 0 Å². The SMILES string of the molecule is C=C1C(=O)O[C@@H]2/C=C(\C)CC/C=C(\CO)C[C@@H](OC(=O)/C(=C/C)COC(C)=O)[C@@H]12. The third-order valence-corrected chi connectivity index (χ3v) is 5.05. The van der Waals surface area contributed by atoms with E-state index in [1.165, 1.54) is 13.0 Å². The van der Waals surface area contributed by atoms with Gasteiger partial charge in [-0.15, -0.1) is 0 Å². The highest BCUT2D eigenvalue weighted by Crippen LogP contribution is 2.36. The van der Waals surface area contributed by atoms with Crippen LogP contribution in [0.2, 0.25) is 0 Å². The number of carbonyl (C=O) groups excluding carboxylic acids is 3. The summed E-state index contributed by atoms with van der Waals surface area (Å²) in [6, 6.07) is 0. The van der Waals surface area contributed by atoms with Crippen molar-refractivity contribution in [2.75, 3.05) is 13.2 Å². The van der Waals surface area contributed by atoms with E-state index in [2.05, 4.69) is 6.58 Å². The summed E-state index contributed by atoms with van der Waals surface area (Å²) in [5.74, 6) is -2.25. The van der Waals surface area contributed by atoms with Gasteiger partial charge in [-0.1, -0.05) is 24.3 Å². The first-order valence-electron chi connectivity index (χ1n) is 9.62. The molecule has 0 aromatic carbocycles. The first-order valence-corrected chi connectivity index (χ1v) is 9.62. The Labute approximate surface area is 170 Å². The number of esters is 3. The van der Waals surface area contributed by atoms with Gasteiger partial charge in [-0.05, 0) is 38.3 Å². The Kier molecular flexibility index (Phi) is 7.96. The monoisotopic (exact) mass is 404 g/mol. The molecule has 158 valence electrons. The molecule has 29 heavy (non-hydrogen) atoms. The van der Waals surface area contributed by atoms with Gasteiger partial charge in [0, 0.05) is 18.9 Å². The first kappa shape index (κ1) is 22.6. The van der Waals surface area contributed by atoms with Gasteiger partial charge in [0.05, 0.1) is 18.1 Å². The molecule has 0 unspecified atom stereocenters. The predicted molar refractivity (Wildman–Crippen MR) is 106 cm³/mol. The number of allylic oxidation sites excluding steroid dienone is 3. The van der Waals surface area contributed by atoms with Crippen LogP contribution in [0.25, 0.3) is 0 Å². The van der Waals surface area contributed by atoms with E-state index in [9.17, 15) is 19.5 Å². The van der Waals surface area contributed by atoms with E-state index in [0.29, 0.717) is 5.57 Å². The van der Waals surface area contributed by atoms with E-state index in [4.69, 9.17) is 14.2 Å². The maximum absolute atomic E-state index is 12.7. The number of hydrogen-bond donors (Lipinski definition) is 1. The van der Waals surface area contributed by atoms with Gasteiger partial charge < -0.3 is 19.3 Å². The molecule has 0 aromatic heterocycles. The molecule has 7 nitrogen and oxygen atoms in total. The van der Waals surface area contributed by atoms with Crippen molar-refractivity contribution in [1.82, 2.24) is 0 Å². The number of aliphatic hydroxyl groups is 1. The van der Waals surface area contributed by atoms with E-state index >= 15 is 0 Å². The van der Waals surface area contributed by atoms with Crippen molar-refractivity contribution >= 4 is 17.9 Å². The number of hydrogen-bond acceptors (Lipinski definition) is 7. The number of aliphatic hydroxyl groups excluding tert-OH is 1. The summed E-state index contributed by atoms with van der Waals surface area (Å²) >= 11 is 0. The Hall–Kier alpha value is -2.67. The van der Waals surface area contributed by atoms with Crippen LogP contribution >= 0.6 is 0 Å². The van der Waals surface area contributed by atoms with Crippen molar-refractivity contribution in [3.63, 3.8) is 0 Å². The van der Waals surface area contributed by atoms with Crippen LogP contribution < -0.4 is 0 Å². The zero-order valence-corrected chi connectivity index (χ0v) is 17.1. The van der Waals surface area contributed by atoms with Crippen LogP contribution in [0.5, 0.6) is 0 Å². The molecule has 1 aliphatic carbocycles. The third kappa shape index (κ3) is 5.90. The molecule has 0 bridgehead atoms. The molecular formula is C22H28O7. The maximum Gasteiger partial charge on any atom is 0.337 e. The topological polar surface area (TPSA) is 99.1 Å². The van der Waals surface area contributed by atoms with E-state index < -0.39 is 36.0 Å². The van der Waals surface area contributed by atoms with Crippen LogP contribution in [0.1, 0.15) is 40.0 Å². The number of rotatable bonds is 5. The van der Waals surface area contributed by atoms with Crippen molar-refractivity contribution in [2.45, 2.75) is 52.2 Å². The van der Waals surface area contributed by atoms with Crippen LogP contribution in [0.3, 0.4) is 0 Å². The minimum atomic E-state index is -0.765. The molecule has 0 amide bonds. The highest BCUT2D eigenvalue weighted by molar-refractivity contribution is 5.92.